The molecule has 2 aromatic heterocycles. The van der Waals surface area contributed by atoms with Crippen molar-refractivity contribution in [3.05, 3.63) is 17.5 Å². The lowest BCUT2D eigenvalue weighted by Gasteiger charge is -2.19. The number of aromatic nitrogens is 3. The molecule has 3 rings (SSSR count). The first-order valence-corrected chi connectivity index (χ1v) is 10.3. The standard InChI is InChI=1S/C17H24N4OS2/c1-12(16(22)18-13-8-5-3-4-6-9-13)24-17-20-19-15(21(17)2)14-10-7-11-23-14/h7,10-13H,3-6,8-9H2,1-2H3,(H,18,22). The summed E-state index contributed by atoms with van der Waals surface area (Å²) in [6.07, 6.45) is 7.24. The molecule has 130 valence electrons. The third-order valence-electron chi connectivity index (χ3n) is 4.43. The van der Waals surface area contributed by atoms with E-state index in [1.807, 2.05) is 36.1 Å². The summed E-state index contributed by atoms with van der Waals surface area (Å²) in [7, 11) is 1.95. The Hall–Kier alpha value is -1.34. The second-order valence-electron chi connectivity index (χ2n) is 6.30. The quantitative estimate of drug-likeness (QED) is 0.646. The van der Waals surface area contributed by atoms with Gasteiger partial charge in [-0.3, -0.25) is 4.79 Å². The number of nitrogens with zero attached hydrogens (tertiary/aromatic N) is 3. The van der Waals surface area contributed by atoms with E-state index in [0.717, 1.165) is 28.7 Å². The van der Waals surface area contributed by atoms with E-state index in [2.05, 4.69) is 15.5 Å². The van der Waals surface area contributed by atoms with Crippen molar-refractivity contribution in [2.24, 2.45) is 7.05 Å². The van der Waals surface area contributed by atoms with E-state index in [4.69, 9.17) is 0 Å². The largest absolute Gasteiger partial charge is 0.352 e. The zero-order chi connectivity index (χ0) is 16.9. The average Bonchev–Trinajstić information content (AvgIpc) is 3.13. The summed E-state index contributed by atoms with van der Waals surface area (Å²) in [4.78, 5) is 13.6. The Bertz CT molecular complexity index is 660. The fraction of sp³-hybridized carbons (Fsp3) is 0.588. The minimum atomic E-state index is -0.174. The lowest BCUT2D eigenvalue weighted by atomic mass is 10.1. The minimum Gasteiger partial charge on any atom is -0.352 e. The third kappa shape index (κ3) is 4.19. The minimum absolute atomic E-state index is 0.104. The molecule has 1 fully saturated rings. The SMILES string of the molecule is CC(Sc1nnc(-c2cccs2)n1C)C(=O)NC1CCCCCC1. The Kier molecular flexibility index (Phi) is 5.94. The van der Waals surface area contributed by atoms with Crippen LogP contribution in [0.1, 0.15) is 45.4 Å². The third-order valence-corrected chi connectivity index (χ3v) is 6.43. The average molecular weight is 365 g/mol. The summed E-state index contributed by atoms with van der Waals surface area (Å²) >= 11 is 3.11. The molecule has 5 nitrogen and oxygen atoms in total. The molecule has 0 bridgehead atoms. The highest BCUT2D eigenvalue weighted by Gasteiger charge is 2.22. The second-order valence-corrected chi connectivity index (χ2v) is 8.56. The molecule has 1 N–H and O–H groups in total. The first-order valence-electron chi connectivity index (χ1n) is 8.55. The number of carbonyl (C=O) groups excluding carboxylic acids is 1. The molecule has 1 atom stereocenters. The molecule has 2 aromatic rings. The van der Waals surface area contributed by atoms with Gasteiger partial charge in [-0.1, -0.05) is 43.5 Å². The number of rotatable bonds is 5. The highest BCUT2D eigenvalue weighted by Crippen LogP contribution is 2.28. The smallest absolute Gasteiger partial charge is 0.233 e. The van der Waals surface area contributed by atoms with Crippen molar-refractivity contribution in [1.29, 1.82) is 0 Å². The van der Waals surface area contributed by atoms with E-state index in [9.17, 15) is 4.79 Å². The van der Waals surface area contributed by atoms with Gasteiger partial charge in [0.05, 0.1) is 10.1 Å². The zero-order valence-corrected chi connectivity index (χ0v) is 15.8. The van der Waals surface area contributed by atoms with Gasteiger partial charge in [-0.15, -0.1) is 21.5 Å². The molecule has 0 spiro atoms. The van der Waals surface area contributed by atoms with E-state index >= 15 is 0 Å². The molecular formula is C17H24N4OS2. The molecule has 1 amide bonds. The second kappa shape index (κ2) is 8.16. The lowest BCUT2D eigenvalue weighted by Crippen LogP contribution is -2.39. The molecule has 1 aliphatic carbocycles. The van der Waals surface area contributed by atoms with E-state index < -0.39 is 0 Å². The summed E-state index contributed by atoms with van der Waals surface area (Å²) in [5.74, 6) is 0.955. The number of amides is 1. The number of carbonyl (C=O) groups is 1. The maximum absolute atomic E-state index is 12.5. The van der Waals surface area contributed by atoms with Crippen LogP contribution in [-0.4, -0.2) is 32.0 Å². The van der Waals surface area contributed by atoms with Gasteiger partial charge in [0, 0.05) is 13.1 Å². The van der Waals surface area contributed by atoms with Crippen LogP contribution in [0, 0.1) is 0 Å². The summed E-state index contributed by atoms with van der Waals surface area (Å²) < 4.78 is 1.96. The lowest BCUT2D eigenvalue weighted by molar-refractivity contribution is -0.121. The summed E-state index contributed by atoms with van der Waals surface area (Å²) in [5.41, 5.74) is 0. The van der Waals surface area contributed by atoms with Crippen molar-refractivity contribution in [1.82, 2.24) is 20.1 Å². The molecule has 2 heterocycles. The maximum atomic E-state index is 12.5. The van der Waals surface area contributed by atoms with Crippen molar-refractivity contribution >= 4 is 29.0 Å². The molecule has 0 aromatic carbocycles. The van der Waals surface area contributed by atoms with Crippen LogP contribution in [0.3, 0.4) is 0 Å². The van der Waals surface area contributed by atoms with Gasteiger partial charge < -0.3 is 9.88 Å². The normalized spacial score (nSPS) is 17.4. The Morgan fingerprint density at radius 1 is 1.33 bits per heavy atom. The van der Waals surface area contributed by atoms with Gasteiger partial charge in [-0.25, -0.2) is 0 Å². The molecule has 1 unspecified atom stereocenters. The van der Waals surface area contributed by atoms with E-state index in [1.165, 1.54) is 37.4 Å². The number of thioether (sulfide) groups is 1. The number of thiophene rings is 1. The van der Waals surface area contributed by atoms with Crippen molar-refractivity contribution in [2.45, 2.75) is 61.9 Å². The van der Waals surface area contributed by atoms with Crippen molar-refractivity contribution in [3.8, 4) is 10.7 Å². The maximum Gasteiger partial charge on any atom is 0.233 e. The summed E-state index contributed by atoms with van der Waals surface area (Å²) in [6.45, 7) is 1.94. The summed E-state index contributed by atoms with van der Waals surface area (Å²) in [6, 6.07) is 4.37. The highest BCUT2D eigenvalue weighted by atomic mass is 32.2. The Morgan fingerprint density at radius 2 is 2.08 bits per heavy atom. The van der Waals surface area contributed by atoms with Crippen LogP contribution in [0.25, 0.3) is 10.7 Å². The fourth-order valence-electron chi connectivity index (χ4n) is 2.99. The van der Waals surface area contributed by atoms with Crippen LogP contribution in [0.4, 0.5) is 0 Å². The van der Waals surface area contributed by atoms with Gasteiger partial charge in [-0.05, 0) is 31.2 Å². The van der Waals surface area contributed by atoms with Crippen LogP contribution >= 0.6 is 23.1 Å². The van der Waals surface area contributed by atoms with Crippen LogP contribution in [0.15, 0.2) is 22.7 Å². The zero-order valence-electron chi connectivity index (χ0n) is 14.2. The van der Waals surface area contributed by atoms with Crippen molar-refractivity contribution in [3.63, 3.8) is 0 Å². The van der Waals surface area contributed by atoms with E-state index in [-0.39, 0.29) is 11.2 Å². The van der Waals surface area contributed by atoms with E-state index in [1.54, 1.807) is 11.3 Å². The van der Waals surface area contributed by atoms with Gasteiger partial charge >= 0.3 is 0 Å². The van der Waals surface area contributed by atoms with Crippen LogP contribution in [0.5, 0.6) is 0 Å². The molecule has 0 aliphatic heterocycles. The van der Waals surface area contributed by atoms with Gasteiger partial charge in [0.25, 0.3) is 0 Å². The molecule has 24 heavy (non-hydrogen) atoms. The number of hydrogen-bond acceptors (Lipinski definition) is 5. The molecular weight excluding hydrogens is 340 g/mol. The number of hydrogen-bond donors (Lipinski definition) is 1. The molecule has 0 saturated heterocycles. The van der Waals surface area contributed by atoms with Crippen LogP contribution in [-0.2, 0) is 11.8 Å². The van der Waals surface area contributed by atoms with Crippen LogP contribution < -0.4 is 5.32 Å². The first kappa shape index (κ1) is 17.5. The Balaban J connectivity index is 1.60. The predicted octanol–water partition coefficient (Wildman–Crippen LogP) is 3.86. The number of nitrogens with one attached hydrogen (secondary N) is 1. The van der Waals surface area contributed by atoms with Gasteiger partial charge in [-0.2, -0.15) is 0 Å². The van der Waals surface area contributed by atoms with Gasteiger partial charge in [0.15, 0.2) is 11.0 Å². The van der Waals surface area contributed by atoms with Crippen molar-refractivity contribution in [2.75, 3.05) is 0 Å². The molecule has 0 radical (unpaired) electrons. The Morgan fingerprint density at radius 3 is 2.75 bits per heavy atom. The fourth-order valence-corrected chi connectivity index (χ4v) is 4.56. The monoisotopic (exact) mass is 364 g/mol. The molecule has 7 heteroatoms. The molecule has 1 aliphatic rings. The predicted molar refractivity (Wildman–Crippen MR) is 99.3 cm³/mol. The Labute approximate surface area is 151 Å². The summed E-state index contributed by atoms with van der Waals surface area (Å²) in [5, 5.41) is 14.4. The highest BCUT2D eigenvalue weighted by molar-refractivity contribution is 8.00. The van der Waals surface area contributed by atoms with E-state index in [0.29, 0.717) is 6.04 Å². The topological polar surface area (TPSA) is 59.8 Å². The van der Waals surface area contributed by atoms with Crippen molar-refractivity contribution < 1.29 is 4.79 Å². The van der Waals surface area contributed by atoms with Gasteiger partial charge in [0.2, 0.25) is 5.91 Å². The van der Waals surface area contributed by atoms with Crippen LogP contribution in [0.2, 0.25) is 0 Å². The van der Waals surface area contributed by atoms with Gasteiger partial charge in [0.1, 0.15) is 0 Å². The molecule has 1 saturated carbocycles. The first-order chi connectivity index (χ1) is 11.6.